The lowest BCUT2D eigenvalue weighted by Gasteiger charge is -2.58. The van der Waals surface area contributed by atoms with Crippen LogP contribution in [0.4, 0.5) is 4.39 Å². The topological polar surface area (TPSA) is 49.9 Å². The van der Waals surface area contributed by atoms with Crippen LogP contribution < -0.4 is 0 Å². The van der Waals surface area contributed by atoms with Crippen LogP contribution in [0.15, 0.2) is 24.3 Å². The summed E-state index contributed by atoms with van der Waals surface area (Å²) in [5.74, 6) is 0.717. The average Bonchev–Trinajstić information content (AvgIpc) is 2.72. The quantitative estimate of drug-likeness (QED) is 0.463. The molecule has 2 unspecified atom stereocenters. The maximum Gasteiger partial charge on any atom is 0.312 e. The summed E-state index contributed by atoms with van der Waals surface area (Å²) in [7, 11) is 0. The van der Waals surface area contributed by atoms with E-state index in [1.54, 1.807) is 17.0 Å². The van der Waals surface area contributed by atoms with Crippen LogP contribution in [0.5, 0.6) is 0 Å². The molecule has 4 aliphatic carbocycles. The first-order valence-electron chi connectivity index (χ1n) is 11.4. The number of esters is 1. The highest BCUT2D eigenvalue weighted by molar-refractivity contribution is 9.10. The molecule has 168 valence electrons. The van der Waals surface area contributed by atoms with Gasteiger partial charge in [0.2, 0.25) is 0 Å². The minimum Gasteiger partial charge on any atom is -0.455 e. The van der Waals surface area contributed by atoms with Gasteiger partial charge in [-0.25, -0.2) is 4.39 Å². The largest absolute Gasteiger partial charge is 0.455 e. The molecule has 5 aliphatic rings. The molecule has 1 amide bonds. The Morgan fingerprint density at radius 1 is 1.06 bits per heavy atom. The predicted molar refractivity (Wildman–Crippen MR) is 118 cm³/mol. The van der Waals surface area contributed by atoms with E-state index in [0.29, 0.717) is 50.1 Å². The number of rotatable bonds is 5. The van der Waals surface area contributed by atoms with E-state index in [1.165, 1.54) is 12.5 Å². The van der Waals surface area contributed by atoms with Crippen molar-refractivity contribution >= 4 is 27.8 Å². The van der Waals surface area contributed by atoms with Gasteiger partial charge in [0.05, 0.1) is 5.41 Å². The lowest BCUT2D eigenvalue weighted by molar-refractivity contribution is -0.173. The van der Waals surface area contributed by atoms with Gasteiger partial charge in [-0.2, -0.15) is 0 Å². The van der Waals surface area contributed by atoms with Crippen LogP contribution in [0.3, 0.4) is 0 Å². The van der Waals surface area contributed by atoms with Crippen LogP contribution in [0.2, 0.25) is 0 Å². The third-order valence-electron chi connectivity index (χ3n) is 7.83. The fraction of sp³-hybridized carbons (Fsp3) is 0.667. The molecule has 1 saturated heterocycles. The third-order valence-corrected chi connectivity index (χ3v) is 8.75. The summed E-state index contributed by atoms with van der Waals surface area (Å²) in [4.78, 5) is 29.6. The highest BCUT2D eigenvalue weighted by Crippen LogP contribution is 2.64. The first kappa shape index (κ1) is 21.4. The Labute approximate surface area is 191 Å². The average molecular weight is 493 g/mol. The molecule has 1 heterocycles. The van der Waals surface area contributed by atoms with E-state index in [4.69, 9.17) is 4.74 Å². The summed E-state index contributed by atoms with van der Waals surface area (Å²) < 4.78 is 19.6. The Bertz CT molecular complexity index is 856. The summed E-state index contributed by atoms with van der Waals surface area (Å²) >= 11 is 3.93. The number of carbonyl (C=O) groups is 2. The molecule has 5 nitrogen and oxygen atoms in total. The highest BCUT2D eigenvalue weighted by atomic mass is 79.9. The van der Waals surface area contributed by atoms with E-state index >= 15 is 0 Å². The van der Waals surface area contributed by atoms with Gasteiger partial charge in [-0.1, -0.05) is 34.1 Å². The van der Waals surface area contributed by atoms with Gasteiger partial charge in [0.15, 0.2) is 6.61 Å². The molecule has 1 aliphatic heterocycles. The Morgan fingerprint density at radius 2 is 1.74 bits per heavy atom. The SMILES string of the molecule is O=C(COC(=O)C12CC3CC(CC(Br)(C3)C1)C2)N1CCN(Cc2ccccc2F)CC1. The summed E-state index contributed by atoms with van der Waals surface area (Å²) in [5, 5.41) is 0. The van der Waals surface area contributed by atoms with Crippen molar-refractivity contribution in [1.82, 2.24) is 9.80 Å². The molecular weight excluding hydrogens is 463 g/mol. The molecule has 7 heteroatoms. The molecule has 4 bridgehead atoms. The molecule has 0 spiro atoms. The van der Waals surface area contributed by atoms with E-state index in [-0.39, 0.29) is 28.6 Å². The number of nitrogens with zero attached hydrogens (tertiary/aromatic N) is 2. The van der Waals surface area contributed by atoms with Gasteiger partial charge in [0.1, 0.15) is 5.82 Å². The zero-order valence-corrected chi connectivity index (χ0v) is 19.4. The number of ether oxygens (including phenoxy) is 1. The molecule has 5 fully saturated rings. The lowest BCUT2D eigenvalue weighted by atomic mass is 9.49. The van der Waals surface area contributed by atoms with E-state index in [1.807, 2.05) is 6.07 Å². The van der Waals surface area contributed by atoms with Crippen molar-refractivity contribution < 1.29 is 18.7 Å². The lowest BCUT2D eigenvalue weighted by Crippen LogP contribution is -2.56. The van der Waals surface area contributed by atoms with Crippen molar-refractivity contribution in [2.24, 2.45) is 17.3 Å². The second-order valence-corrected chi connectivity index (χ2v) is 11.9. The molecule has 0 N–H and O–H groups in total. The highest BCUT2D eigenvalue weighted by Gasteiger charge is 2.60. The number of amides is 1. The maximum absolute atomic E-state index is 13.9. The monoisotopic (exact) mass is 492 g/mol. The molecule has 0 aromatic heterocycles. The van der Waals surface area contributed by atoms with Gasteiger partial charge in [-0.3, -0.25) is 14.5 Å². The van der Waals surface area contributed by atoms with Gasteiger partial charge < -0.3 is 9.64 Å². The Kier molecular flexibility index (Phi) is 5.62. The third kappa shape index (κ3) is 4.28. The van der Waals surface area contributed by atoms with Crippen molar-refractivity contribution in [2.45, 2.75) is 49.4 Å². The number of halogens is 2. The van der Waals surface area contributed by atoms with Crippen LogP contribution in [0.25, 0.3) is 0 Å². The number of hydrogen-bond acceptors (Lipinski definition) is 4. The van der Waals surface area contributed by atoms with E-state index in [9.17, 15) is 14.0 Å². The molecule has 1 aromatic rings. The number of hydrogen-bond donors (Lipinski definition) is 0. The smallest absolute Gasteiger partial charge is 0.312 e. The van der Waals surface area contributed by atoms with E-state index in [0.717, 1.165) is 32.1 Å². The van der Waals surface area contributed by atoms with Gasteiger partial charge in [-0.05, 0) is 56.4 Å². The minimum atomic E-state index is -0.397. The van der Waals surface area contributed by atoms with Crippen molar-refractivity contribution in [3.63, 3.8) is 0 Å². The van der Waals surface area contributed by atoms with Gasteiger partial charge in [0, 0.05) is 42.6 Å². The zero-order valence-electron chi connectivity index (χ0n) is 17.8. The fourth-order valence-corrected chi connectivity index (χ4v) is 8.24. The fourth-order valence-electron chi connectivity index (χ4n) is 6.78. The standard InChI is InChI=1S/C24H30BrFN2O3/c25-24-12-17-9-18(13-24)11-23(10-17,16-24)22(30)31-15-21(29)28-7-5-27(6-8-28)14-19-3-1-2-4-20(19)26/h1-4,17-18H,5-16H2. The number of benzene rings is 1. The second kappa shape index (κ2) is 8.14. The normalized spacial score (nSPS) is 34.7. The second-order valence-electron chi connectivity index (χ2n) is 10.2. The number of alkyl halides is 1. The number of piperazine rings is 1. The first-order chi connectivity index (χ1) is 14.8. The molecule has 4 saturated carbocycles. The van der Waals surface area contributed by atoms with Crippen LogP contribution in [0, 0.1) is 23.1 Å². The van der Waals surface area contributed by atoms with E-state index in [2.05, 4.69) is 20.8 Å². The summed E-state index contributed by atoms with van der Waals surface area (Å²) in [6, 6.07) is 6.81. The van der Waals surface area contributed by atoms with Crippen LogP contribution in [-0.2, 0) is 20.9 Å². The van der Waals surface area contributed by atoms with Crippen LogP contribution in [-0.4, -0.2) is 58.8 Å². The molecular formula is C24H30BrFN2O3. The Hall–Kier alpha value is -1.47. The van der Waals surface area contributed by atoms with Crippen molar-refractivity contribution in [1.29, 1.82) is 0 Å². The van der Waals surface area contributed by atoms with Crippen LogP contribution in [0.1, 0.15) is 44.1 Å². The van der Waals surface area contributed by atoms with Crippen molar-refractivity contribution in [3.8, 4) is 0 Å². The first-order valence-corrected chi connectivity index (χ1v) is 12.2. The van der Waals surface area contributed by atoms with E-state index < -0.39 is 5.41 Å². The zero-order chi connectivity index (χ0) is 21.6. The Morgan fingerprint density at radius 3 is 2.39 bits per heavy atom. The molecule has 6 rings (SSSR count). The van der Waals surface area contributed by atoms with Crippen molar-refractivity contribution in [2.75, 3.05) is 32.8 Å². The van der Waals surface area contributed by atoms with Gasteiger partial charge >= 0.3 is 5.97 Å². The summed E-state index contributed by atoms with van der Waals surface area (Å²) in [6.45, 7) is 2.90. The van der Waals surface area contributed by atoms with Crippen molar-refractivity contribution in [3.05, 3.63) is 35.6 Å². The summed E-state index contributed by atoms with van der Waals surface area (Å²) in [5.41, 5.74) is 0.281. The van der Waals surface area contributed by atoms with Gasteiger partial charge in [0.25, 0.3) is 5.91 Å². The van der Waals surface area contributed by atoms with Gasteiger partial charge in [-0.15, -0.1) is 0 Å². The predicted octanol–water partition coefficient (Wildman–Crippen LogP) is 3.75. The molecule has 31 heavy (non-hydrogen) atoms. The summed E-state index contributed by atoms with van der Waals surface area (Å²) in [6.07, 6.45) is 6.23. The molecule has 1 aromatic carbocycles. The Balaban J connectivity index is 1.11. The molecule has 0 radical (unpaired) electrons. The molecule has 2 atom stereocenters. The van der Waals surface area contributed by atoms with Crippen LogP contribution >= 0.6 is 15.9 Å². The number of carbonyl (C=O) groups excluding carboxylic acids is 2. The maximum atomic E-state index is 13.9. The minimum absolute atomic E-state index is 0.0919.